The minimum Gasteiger partial charge on any atom is -0.341 e. The second-order valence-electron chi connectivity index (χ2n) is 6.45. The molecule has 3 rings (SSSR count). The van der Waals surface area contributed by atoms with E-state index in [1.807, 2.05) is 12.1 Å². The lowest BCUT2D eigenvalue weighted by atomic mass is 9.99. The third kappa shape index (κ3) is 4.61. The zero-order valence-corrected chi connectivity index (χ0v) is 16.1. The third-order valence-electron chi connectivity index (χ3n) is 4.59. The fourth-order valence-electron chi connectivity index (χ4n) is 2.69. The molecule has 1 heterocycles. The second-order valence-corrected chi connectivity index (χ2v) is 8.22. The second kappa shape index (κ2) is 8.02. The number of rotatable bonds is 7. The van der Waals surface area contributed by atoms with Crippen molar-refractivity contribution in [2.45, 2.75) is 37.6 Å². The van der Waals surface area contributed by atoms with Crippen LogP contribution in [-0.4, -0.2) is 18.4 Å². The number of H-pyrrole nitrogens is 1. The van der Waals surface area contributed by atoms with Crippen LogP contribution in [0.3, 0.4) is 0 Å². The van der Waals surface area contributed by atoms with Gasteiger partial charge in [-0.2, -0.15) is 0 Å². The normalized spacial score (nSPS) is 12.9. The average molecular weight is 387 g/mol. The van der Waals surface area contributed by atoms with Crippen LogP contribution in [0.4, 0.5) is 4.39 Å². The summed E-state index contributed by atoms with van der Waals surface area (Å²) < 4.78 is 40.5. The first-order valence-corrected chi connectivity index (χ1v) is 10.3. The fourth-order valence-corrected chi connectivity index (χ4v) is 3.67. The summed E-state index contributed by atoms with van der Waals surface area (Å²) >= 11 is 0. The van der Waals surface area contributed by atoms with Crippen LogP contribution >= 0.6 is 0 Å². The highest BCUT2D eigenvalue weighted by Gasteiger charge is 2.15. The van der Waals surface area contributed by atoms with Crippen LogP contribution in [0.15, 0.2) is 59.6 Å². The molecule has 1 atom stereocenters. The van der Waals surface area contributed by atoms with Crippen LogP contribution in [0.1, 0.15) is 37.6 Å². The predicted octanol–water partition coefficient (Wildman–Crippen LogP) is 4.21. The van der Waals surface area contributed by atoms with Gasteiger partial charge in [-0.05, 0) is 59.9 Å². The summed E-state index contributed by atoms with van der Waals surface area (Å²) in [6.45, 7) is 4.24. The summed E-state index contributed by atoms with van der Waals surface area (Å²) in [6.07, 6.45) is 2.59. The molecule has 0 aliphatic carbocycles. The van der Waals surface area contributed by atoms with Crippen molar-refractivity contribution in [2.24, 2.45) is 0 Å². The number of imidazole rings is 1. The van der Waals surface area contributed by atoms with Gasteiger partial charge < -0.3 is 4.98 Å². The molecule has 5 nitrogen and oxygen atoms in total. The largest absolute Gasteiger partial charge is 0.341 e. The maximum atomic E-state index is 13.0. The number of hydrogen-bond donors (Lipinski definition) is 2. The molecule has 2 aromatic carbocycles. The number of sulfonamides is 1. The van der Waals surface area contributed by atoms with Crippen molar-refractivity contribution in [3.05, 3.63) is 71.9 Å². The van der Waals surface area contributed by atoms with Crippen LogP contribution in [0, 0.1) is 5.82 Å². The Labute approximate surface area is 158 Å². The van der Waals surface area contributed by atoms with E-state index in [4.69, 9.17) is 0 Å². The molecule has 0 saturated heterocycles. The van der Waals surface area contributed by atoms with E-state index in [1.165, 1.54) is 12.1 Å². The quantitative estimate of drug-likeness (QED) is 0.638. The number of hydrogen-bond acceptors (Lipinski definition) is 3. The molecule has 0 amide bonds. The highest BCUT2D eigenvalue weighted by Crippen LogP contribution is 2.21. The van der Waals surface area contributed by atoms with Crippen molar-refractivity contribution in [1.29, 1.82) is 0 Å². The minimum atomic E-state index is -3.63. The maximum absolute atomic E-state index is 13.0. The van der Waals surface area contributed by atoms with E-state index in [1.54, 1.807) is 30.5 Å². The number of halogens is 1. The third-order valence-corrected chi connectivity index (χ3v) is 6.00. The van der Waals surface area contributed by atoms with Crippen LogP contribution in [0.5, 0.6) is 0 Å². The highest BCUT2D eigenvalue weighted by atomic mass is 32.2. The van der Waals surface area contributed by atoms with E-state index in [0.29, 0.717) is 17.4 Å². The Bertz CT molecular complexity index is 996. The lowest BCUT2D eigenvalue weighted by Crippen LogP contribution is -2.23. The Morgan fingerprint density at radius 3 is 2.41 bits per heavy atom. The molecule has 0 spiro atoms. The molecular weight excluding hydrogens is 365 g/mol. The standard InChI is InChI=1S/C20H22FN3O2S/c1-3-14(2)15-6-10-18(11-7-15)27(25,26)23-13-20-22-12-19(24-20)16-4-8-17(21)9-5-16/h4-12,14,23H,3,13H2,1-2H3,(H,22,24)/t14-/m1/s1. The summed E-state index contributed by atoms with van der Waals surface area (Å²) in [6, 6.07) is 12.9. The number of nitrogens with one attached hydrogen (secondary N) is 2. The average Bonchev–Trinajstić information content (AvgIpc) is 3.15. The smallest absolute Gasteiger partial charge is 0.240 e. The minimum absolute atomic E-state index is 0.0383. The Hall–Kier alpha value is -2.51. The Balaban J connectivity index is 1.68. The summed E-state index contributed by atoms with van der Waals surface area (Å²) in [5, 5.41) is 0. The summed E-state index contributed by atoms with van der Waals surface area (Å²) in [5.41, 5.74) is 2.59. The van der Waals surface area contributed by atoms with Gasteiger partial charge in [-0.25, -0.2) is 22.5 Å². The van der Waals surface area contributed by atoms with E-state index in [-0.39, 0.29) is 17.3 Å². The van der Waals surface area contributed by atoms with Crippen molar-refractivity contribution >= 4 is 10.0 Å². The van der Waals surface area contributed by atoms with Gasteiger partial charge in [0, 0.05) is 0 Å². The van der Waals surface area contributed by atoms with Crippen molar-refractivity contribution in [1.82, 2.24) is 14.7 Å². The van der Waals surface area contributed by atoms with Gasteiger partial charge in [0.05, 0.1) is 23.3 Å². The molecule has 0 bridgehead atoms. The van der Waals surface area contributed by atoms with Gasteiger partial charge in [0.25, 0.3) is 0 Å². The van der Waals surface area contributed by atoms with Crippen LogP contribution in [0.25, 0.3) is 11.3 Å². The van der Waals surface area contributed by atoms with Crippen molar-refractivity contribution < 1.29 is 12.8 Å². The predicted molar refractivity (Wildman–Crippen MR) is 103 cm³/mol. The summed E-state index contributed by atoms with van der Waals surface area (Å²) in [4.78, 5) is 7.45. The van der Waals surface area contributed by atoms with E-state index in [2.05, 4.69) is 28.5 Å². The lowest BCUT2D eigenvalue weighted by molar-refractivity contribution is 0.579. The molecule has 0 unspecified atom stereocenters. The summed E-state index contributed by atoms with van der Waals surface area (Å²) in [5.74, 6) is 0.558. The van der Waals surface area contributed by atoms with E-state index in [9.17, 15) is 12.8 Å². The van der Waals surface area contributed by atoms with Gasteiger partial charge in [0.15, 0.2) is 0 Å². The van der Waals surface area contributed by atoms with Crippen molar-refractivity contribution in [3.63, 3.8) is 0 Å². The summed E-state index contributed by atoms with van der Waals surface area (Å²) in [7, 11) is -3.63. The molecule has 142 valence electrons. The van der Waals surface area contributed by atoms with E-state index < -0.39 is 10.0 Å². The molecular formula is C20H22FN3O2S. The number of aromatic nitrogens is 2. The van der Waals surface area contributed by atoms with Gasteiger partial charge in [0.1, 0.15) is 11.6 Å². The van der Waals surface area contributed by atoms with Crippen LogP contribution in [0.2, 0.25) is 0 Å². The van der Waals surface area contributed by atoms with Gasteiger partial charge in [-0.15, -0.1) is 0 Å². The molecule has 0 aliphatic rings. The molecule has 3 aromatic rings. The molecule has 0 fully saturated rings. The topological polar surface area (TPSA) is 74.8 Å². The van der Waals surface area contributed by atoms with Gasteiger partial charge in [0.2, 0.25) is 10.0 Å². The molecule has 7 heteroatoms. The lowest BCUT2D eigenvalue weighted by Gasteiger charge is -2.10. The molecule has 0 radical (unpaired) electrons. The molecule has 0 saturated carbocycles. The number of benzene rings is 2. The molecule has 2 N–H and O–H groups in total. The monoisotopic (exact) mass is 387 g/mol. The zero-order valence-electron chi connectivity index (χ0n) is 15.2. The first-order valence-electron chi connectivity index (χ1n) is 8.78. The molecule has 27 heavy (non-hydrogen) atoms. The van der Waals surface area contributed by atoms with E-state index >= 15 is 0 Å². The van der Waals surface area contributed by atoms with E-state index in [0.717, 1.165) is 17.5 Å². The van der Waals surface area contributed by atoms with Gasteiger partial charge in [-0.1, -0.05) is 26.0 Å². The Morgan fingerprint density at radius 2 is 1.78 bits per heavy atom. The molecule has 0 aliphatic heterocycles. The number of aromatic amines is 1. The number of nitrogens with zero attached hydrogens (tertiary/aromatic N) is 1. The van der Waals surface area contributed by atoms with Crippen molar-refractivity contribution in [2.75, 3.05) is 0 Å². The van der Waals surface area contributed by atoms with Crippen LogP contribution < -0.4 is 4.72 Å². The zero-order chi connectivity index (χ0) is 19.4. The van der Waals surface area contributed by atoms with Crippen molar-refractivity contribution in [3.8, 4) is 11.3 Å². The van der Waals surface area contributed by atoms with Gasteiger partial charge >= 0.3 is 0 Å². The first-order chi connectivity index (χ1) is 12.9. The molecule has 1 aromatic heterocycles. The van der Waals surface area contributed by atoms with Crippen LogP contribution in [-0.2, 0) is 16.6 Å². The maximum Gasteiger partial charge on any atom is 0.240 e. The Morgan fingerprint density at radius 1 is 1.11 bits per heavy atom. The fraction of sp³-hybridized carbons (Fsp3) is 0.250. The first kappa shape index (κ1) is 19.3. The Kier molecular flexibility index (Phi) is 5.72. The van der Waals surface area contributed by atoms with Gasteiger partial charge in [-0.3, -0.25) is 0 Å². The SMILES string of the molecule is CC[C@@H](C)c1ccc(S(=O)(=O)NCc2ncc(-c3ccc(F)cc3)[nH]2)cc1. The highest BCUT2D eigenvalue weighted by molar-refractivity contribution is 7.89.